The van der Waals surface area contributed by atoms with Gasteiger partial charge >= 0.3 is 6.18 Å². The minimum absolute atomic E-state index is 0.0364. The molecule has 2 N–H and O–H groups in total. The Hall–Kier alpha value is -1.56. The normalized spacial score (nSPS) is 18.3. The largest absolute Gasteiger partial charge is 0.416 e. The fourth-order valence-corrected chi connectivity index (χ4v) is 2.90. The van der Waals surface area contributed by atoms with Crippen molar-refractivity contribution in [3.8, 4) is 0 Å². The summed E-state index contributed by atoms with van der Waals surface area (Å²) in [5.74, 6) is 0.131. The molecular formula is C16H21F3N2O. The molecule has 1 aliphatic heterocycles. The number of amides is 1. The molecule has 122 valence electrons. The number of benzene rings is 1. The lowest BCUT2D eigenvalue weighted by Crippen LogP contribution is -2.43. The summed E-state index contributed by atoms with van der Waals surface area (Å²) in [6.45, 7) is 3.08. The summed E-state index contributed by atoms with van der Waals surface area (Å²) >= 11 is 0. The summed E-state index contributed by atoms with van der Waals surface area (Å²) in [5, 5.41) is 0. The first-order chi connectivity index (χ1) is 10.3. The molecule has 1 heterocycles. The van der Waals surface area contributed by atoms with Crippen LogP contribution in [0.25, 0.3) is 0 Å². The maximum absolute atomic E-state index is 12.9. The van der Waals surface area contributed by atoms with Crippen LogP contribution in [0.3, 0.4) is 0 Å². The van der Waals surface area contributed by atoms with Crippen LogP contribution in [0.4, 0.5) is 13.2 Å². The molecule has 1 fully saturated rings. The highest BCUT2D eigenvalue weighted by Gasteiger charge is 2.34. The molecule has 0 saturated carbocycles. The molecule has 0 spiro atoms. The van der Waals surface area contributed by atoms with E-state index in [4.69, 9.17) is 5.73 Å². The number of hydrogen-bond acceptors (Lipinski definition) is 2. The third-order valence-corrected chi connectivity index (χ3v) is 4.30. The lowest BCUT2D eigenvalue weighted by atomic mass is 9.90. The highest BCUT2D eigenvalue weighted by Crippen LogP contribution is 2.32. The second-order valence-electron chi connectivity index (χ2n) is 5.91. The molecule has 22 heavy (non-hydrogen) atoms. The van der Waals surface area contributed by atoms with Crippen molar-refractivity contribution in [2.75, 3.05) is 13.1 Å². The number of nitrogens with zero attached hydrogens (tertiary/aromatic N) is 1. The zero-order chi connectivity index (χ0) is 16.3. The van der Waals surface area contributed by atoms with Crippen LogP contribution in [-0.2, 0) is 17.4 Å². The molecule has 1 aliphatic rings. The second-order valence-corrected chi connectivity index (χ2v) is 5.91. The Kier molecular flexibility index (Phi) is 5.11. The Balaban J connectivity index is 2.02. The van der Waals surface area contributed by atoms with Crippen molar-refractivity contribution in [3.05, 3.63) is 35.4 Å². The fraction of sp³-hybridized carbons (Fsp3) is 0.562. The standard InChI is InChI=1S/C16H21F3N2O/c1-11(20)12-6-8-21(9-7-12)15(22)10-13-4-2-3-5-14(13)16(17,18)19/h2-5,11-12H,6-10,20H2,1H3. The molecule has 1 saturated heterocycles. The van der Waals surface area contributed by atoms with Crippen LogP contribution in [0.15, 0.2) is 24.3 Å². The molecule has 1 aromatic rings. The van der Waals surface area contributed by atoms with E-state index in [9.17, 15) is 18.0 Å². The third kappa shape index (κ3) is 4.00. The summed E-state index contributed by atoms with van der Waals surface area (Å²) in [6.07, 6.45) is -3.02. The molecule has 0 aliphatic carbocycles. The predicted octanol–water partition coefficient (Wildman–Crippen LogP) is 2.83. The van der Waals surface area contributed by atoms with Gasteiger partial charge in [0.2, 0.25) is 5.91 Å². The van der Waals surface area contributed by atoms with Crippen LogP contribution < -0.4 is 5.73 Å². The lowest BCUT2D eigenvalue weighted by molar-refractivity contribution is -0.138. The topological polar surface area (TPSA) is 46.3 Å². The predicted molar refractivity (Wildman–Crippen MR) is 78.1 cm³/mol. The van der Waals surface area contributed by atoms with Gasteiger partial charge in [0.05, 0.1) is 12.0 Å². The van der Waals surface area contributed by atoms with Crippen LogP contribution >= 0.6 is 0 Å². The molecule has 6 heteroatoms. The van der Waals surface area contributed by atoms with Crippen molar-refractivity contribution in [2.45, 2.75) is 38.4 Å². The first-order valence-electron chi connectivity index (χ1n) is 7.47. The van der Waals surface area contributed by atoms with Gasteiger partial charge in [-0.25, -0.2) is 0 Å². The van der Waals surface area contributed by atoms with Crippen LogP contribution in [-0.4, -0.2) is 29.9 Å². The van der Waals surface area contributed by atoms with E-state index in [1.165, 1.54) is 18.2 Å². The number of nitrogens with two attached hydrogens (primary N) is 1. The van der Waals surface area contributed by atoms with Gasteiger partial charge in [0, 0.05) is 19.1 Å². The molecule has 1 amide bonds. The Morgan fingerprint density at radius 1 is 1.32 bits per heavy atom. The van der Waals surface area contributed by atoms with E-state index in [1.807, 2.05) is 6.92 Å². The van der Waals surface area contributed by atoms with E-state index in [1.54, 1.807) is 4.90 Å². The van der Waals surface area contributed by atoms with Gasteiger partial charge in [-0.15, -0.1) is 0 Å². The van der Waals surface area contributed by atoms with Gasteiger partial charge < -0.3 is 10.6 Å². The zero-order valence-corrected chi connectivity index (χ0v) is 12.6. The number of piperidine rings is 1. The average Bonchev–Trinajstić information content (AvgIpc) is 2.46. The summed E-state index contributed by atoms with van der Waals surface area (Å²) in [4.78, 5) is 13.9. The van der Waals surface area contributed by atoms with Gasteiger partial charge in [0.25, 0.3) is 0 Å². The van der Waals surface area contributed by atoms with Crippen LogP contribution in [0.2, 0.25) is 0 Å². The van der Waals surface area contributed by atoms with Crippen LogP contribution in [0.5, 0.6) is 0 Å². The molecule has 1 atom stereocenters. The molecule has 3 nitrogen and oxygen atoms in total. The van der Waals surface area contributed by atoms with E-state index < -0.39 is 11.7 Å². The van der Waals surface area contributed by atoms with Crippen molar-refractivity contribution < 1.29 is 18.0 Å². The van der Waals surface area contributed by atoms with Crippen molar-refractivity contribution >= 4 is 5.91 Å². The van der Waals surface area contributed by atoms with Crippen molar-refractivity contribution in [1.82, 2.24) is 4.90 Å². The molecule has 1 aromatic carbocycles. The molecule has 0 radical (unpaired) electrons. The van der Waals surface area contributed by atoms with Gasteiger partial charge in [-0.1, -0.05) is 18.2 Å². The highest BCUT2D eigenvalue weighted by molar-refractivity contribution is 5.79. The van der Waals surface area contributed by atoms with E-state index in [0.717, 1.165) is 18.9 Å². The Morgan fingerprint density at radius 2 is 1.91 bits per heavy atom. The minimum atomic E-state index is -4.43. The third-order valence-electron chi connectivity index (χ3n) is 4.30. The van der Waals surface area contributed by atoms with Gasteiger partial charge in [-0.05, 0) is 37.3 Å². The molecule has 1 unspecified atom stereocenters. The van der Waals surface area contributed by atoms with Gasteiger partial charge in [-0.3, -0.25) is 4.79 Å². The van der Waals surface area contributed by atoms with E-state index in [2.05, 4.69) is 0 Å². The molecule has 0 aromatic heterocycles. The first kappa shape index (κ1) is 16.8. The number of carbonyl (C=O) groups is 1. The number of hydrogen-bond donors (Lipinski definition) is 1. The van der Waals surface area contributed by atoms with Gasteiger partial charge in [0.15, 0.2) is 0 Å². The quantitative estimate of drug-likeness (QED) is 0.932. The average molecular weight is 314 g/mol. The monoisotopic (exact) mass is 314 g/mol. The fourth-order valence-electron chi connectivity index (χ4n) is 2.90. The van der Waals surface area contributed by atoms with Crippen LogP contribution in [0, 0.1) is 5.92 Å². The molecule has 2 rings (SSSR count). The Labute approximate surface area is 128 Å². The van der Waals surface area contributed by atoms with Crippen molar-refractivity contribution in [3.63, 3.8) is 0 Å². The number of halogens is 3. The Morgan fingerprint density at radius 3 is 2.45 bits per heavy atom. The lowest BCUT2D eigenvalue weighted by Gasteiger charge is -2.34. The zero-order valence-electron chi connectivity index (χ0n) is 12.6. The summed E-state index contributed by atoms with van der Waals surface area (Å²) in [6, 6.07) is 5.34. The SMILES string of the molecule is CC(N)C1CCN(C(=O)Cc2ccccc2C(F)(F)F)CC1. The molecule has 0 bridgehead atoms. The Bertz CT molecular complexity index is 520. The molecular weight excluding hydrogens is 293 g/mol. The van der Waals surface area contributed by atoms with E-state index in [-0.39, 0.29) is 23.9 Å². The summed E-state index contributed by atoms with van der Waals surface area (Å²) in [5.41, 5.74) is 5.16. The van der Waals surface area contributed by atoms with Crippen molar-refractivity contribution in [2.24, 2.45) is 11.7 Å². The maximum atomic E-state index is 12.9. The first-order valence-corrected chi connectivity index (χ1v) is 7.47. The maximum Gasteiger partial charge on any atom is 0.416 e. The summed E-state index contributed by atoms with van der Waals surface area (Å²) in [7, 11) is 0. The number of likely N-dealkylation sites (tertiary alicyclic amines) is 1. The number of rotatable bonds is 3. The smallest absolute Gasteiger partial charge is 0.342 e. The van der Waals surface area contributed by atoms with Gasteiger partial charge in [0.1, 0.15) is 0 Å². The van der Waals surface area contributed by atoms with Crippen LogP contribution in [0.1, 0.15) is 30.9 Å². The van der Waals surface area contributed by atoms with E-state index in [0.29, 0.717) is 19.0 Å². The summed E-state index contributed by atoms with van der Waals surface area (Å²) < 4.78 is 38.8. The van der Waals surface area contributed by atoms with Crippen molar-refractivity contribution in [1.29, 1.82) is 0 Å². The second kappa shape index (κ2) is 6.69. The van der Waals surface area contributed by atoms with Gasteiger partial charge in [-0.2, -0.15) is 13.2 Å². The van der Waals surface area contributed by atoms with E-state index >= 15 is 0 Å². The number of carbonyl (C=O) groups excluding carboxylic acids is 1. The highest BCUT2D eigenvalue weighted by atomic mass is 19.4. The minimum Gasteiger partial charge on any atom is -0.342 e. The number of alkyl halides is 3.